The number of anilines is 1. The Morgan fingerprint density at radius 1 is 1.00 bits per heavy atom. The molecule has 0 atom stereocenters. The second-order valence-corrected chi connectivity index (χ2v) is 9.70. The van der Waals surface area contributed by atoms with Gasteiger partial charge in [0.15, 0.2) is 5.75 Å². The summed E-state index contributed by atoms with van der Waals surface area (Å²) in [5.41, 5.74) is -0.420. The van der Waals surface area contributed by atoms with Crippen molar-refractivity contribution in [2.75, 3.05) is 38.2 Å². The molecule has 190 valence electrons. The third kappa shape index (κ3) is 5.81. The molecule has 3 aromatic rings. The van der Waals surface area contributed by atoms with E-state index >= 15 is 0 Å². The van der Waals surface area contributed by atoms with E-state index in [0.717, 1.165) is 12.1 Å². The number of halogens is 2. The van der Waals surface area contributed by atoms with Crippen LogP contribution in [0.3, 0.4) is 0 Å². The first kappa shape index (κ1) is 25.5. The highest BCUT2D eigenvalue weighted by Crippen LogP contribution is 2.34. The smallest absolute Gasteiger partial charge is 0.258 e. The van der Waals surface area contributed by atoms with Crippen LogP contribution in [0.4, 0.5) is 14.5 Å². The van der Waals surface area contributed by atoms with E-state index in [0.29, 0.717) is 24.2 Å². The van der Waals surface area contributed by atoms with Crippen molar-refractivity contribution < 1.29 is 36.2 Å². The lowest BCUT2D eigenvalue weighted by molar-refractivity contribution is 0.0730. The number of hydrogen-bond acceptors (Lipinski definition) is 6. The molecule has 1 heterocycles. The van der Waals surface area contributed by atoms with Crippen molar-refractivity contribution in [3.8, 4) is 17.2 Å². The number of morpholine rings is 1. The summed E-state index contributed by atoms with van der Waals surface area (Å²) in [6.07, 6.45) is 0. The van der Waals surface area contributed by atoms with Crippen molar-refractivity contribution in [2.45, 2.75) is 11.8 Å². The van der Waals surface area contributed by atoms with Crippen LogP contribution in [0.25, 0.3) is 0 Å². The summed E-state index contributed by atoms with van der Waals surface area (Å²) in [4.78, 5) is 12.7. The molecule has 0 aromatic heterocycles. The van der Waals surface area contributed by atoms with E-state index in [2.05, 4.69) is 5.32 Å². The Bertz CT molecular complexity index is 1340. The molecular weight excluding hydrogens is 494 g/mol. The molecule has 1 N–H and O–H groups in total. The van der Waals surface area contributed by atoms with Gasteiger partial charge in [0.2, 0.25) is 10.0 Å². The summed E-state index contributed by atoms with van der Waals surface area (Å²) >= 11 is 0. The van der Waals surface area contributed by atoms with Crippen LogP contribution in [-0.2, 0) is 14.8 Å². The minimum atomic E-state index is -3.89. The normalized spacial score (nSPS) is 14.3. The summed E-state index contributed by atoms with van der Waals surface area (Å²) in [6, 6.07) is 13.2. The van der Waals surface area contributed by atoms with Crippen LogP contribution < -0.4 is 14.8 Å². The summed E-state index contributed by atoms with van der Waals surface area (Å²) in [7, 11) is -3.89. The predicted molar refractivity (Wildman–Crippen MR) is 128 cm³/mol. The average Bonchev–Trinajstić information content (AvgIpc) is 2.86. The summed E-state index contributed by atoms with van der Waals surface area (Å²) in [5.74, 6) is -1.63. The van der Waals surface area contributed by atoms with E-state index in [-0.39, 0.29) is 42.6 Å². The Morgan fingerprint density at radius 3 is 2.36 bits per heavy atom. The van der Waals surface area contributed by atoms with Gasteiger partial charge in [-0.15, -0.1) is 0 Å². The van der Waals surface area contributed by atoms with Crippen LogP contribution in [0, 0.1) is 11.6 Å². The van der Waals surface area contributed by atoms with Gasteiger partial charge in [-0.25, -0.2) is 17.2 Å². The van der Waals surface area contributed by atoms with Crippen molar-refractivity contribution in [3.05, 3.63) is 77.9 Å². The topological polar surface area (TPSA) is 94.2 Å². The number of hydrogen-bond donors (Lipinski definition) is 1. The van der Waals surface area contributed by atoms with Gasteiger partial charge in [0.05, 0.1) is 36.0 Å². The maximum absolute atomic E-state index is 14.2. The number of amides is 1. The maximum Gasteiger partial charge on any atom is 0.258 e. The Morgan fingerprint density at radius 2 is 1.69 bits per heavy atom. The lowest BCUT2D eigenvalue weighted by Gasteiger charge is -2.26. The van der Waals surface area contributed by atoms with E-state index < -0.39 is 33.1 Å². The molecule has 0 bridgehead atoms. The van der Waals surface area contributed by atoms with Crippen LogP contribution in [-0.4, -0.2) is 51.5 Å². The Kier molecular flexibility index (Phi) is 7.82. The molecule has 0 spiro atoms. The first-order chi connectivity index (χ1) is 17.3. The van der Waals surface area contributed by atoms with Gasteiger partial charge in [0.1, 0.15) is 23.1 Å². The minimum Gasteiger partial charge on any atom is -0.494 e. The molecule has 0 aliphatic carbocycles. The number of sulfonamides is 1. The summed E-state index contributed by atoms with van der Waals surface area (Å²) in [5, 5.41) is 2.50. The Balaban J connectivity index is 1.68. The molecule has 1 fully saturated rings. The number of ether oxygens (including phenoxy) is 3. The van der Waals surface area contributed by atoms with Crippen molar-refractivity contribution in [2.24, 2.45) is 0 Å². The standard InChI is InChI=1S/C25H24F2N2O6S/c1-2-34-18-4-6-19(7-5-18)35-24-10-8-20(36(31,32)29-11-13-33-14-12-29)16-23(24)28-25(30)21-9-3-17(26)15-22(21)27/h3-10,15-16H,2,11-14H2,1H3,(H,28,30). The van der Waals surface area contributed by atoms with E-state index in [1.165, 1.54) is 22.5 Å². The van der Waals surface area contributed by atoms with E-state index in [1.807, 2.05) is 6.92 Å². The van der Waals surface area contributed by atoms with Crippen molar-refractivity contribution >= 4 is 21.6 Å². The highest BCUT2D eigenvalue weighted by Gasteiger charge is 2.28. The monoisotopic (exact) mass is 518 g/mol. The average molecular weight is 519 g/mol. The highest BCUT2D eigenvalue weighted by molar-refractivity contribution is 7.89. The van der Waals surface area contributed by atoms with Gasteiger partial charge in [-0.05, 0) is 61.5 Å². The number of carbonyl (C=O) groups excluding carboxylic acids is 1. The Hall–Kier alpha value is -3.54. The molecule has 0 unspecified atom stereocenters. The minimum absolute atomic E-state index is 0.00746. The number of benzene rings is 3. The molecule has 1 amide bonds. The molecule has 3 aromatic carbocycles. The number of rotatable bonds is 8. The third-order valence-electron chi connectivity index (χ3n) is 5.35. The van der Waals surface area contributed by atoms with Gasteiger partial charge in [0, 0.05) is 19.2 Å². The molecule has 0 radical (unpaired) electrons. The van der Waals surface area contributed by atoms with Crippen LogP contribution in [0.1, 0.15) is 17.3 Å². The lowest BCUT2D eigenvalue weighted by atomic mass is 10.2. The number of carbonyl (C=O) groups is 1. The maximum atomic E-state index is 14.2. The zero-order chi connectivity index (χ0) is 25.7. The van der Waals surface area contributed by atoms with Crippen molar-refractivity contribution in [1.29, 1.82) is 0 Å². The fraction of sp³-hybridized carbons (Fsp3) is 0.240. The van der Waals surface area contributed by atoms with Gasteiger partial charge in [-0.2, -0.15) is 4.31 Å². The van der Waals surface area contributed by atoms with Gasteiger partial charge >= 0.3 is 0 Å². The van der Waals surface area contributed by atoms with Crippen LogP contribution in [0.5, 0.6) is 17.2 Å². The predicted octanol–water partition coefficient (Wildman–Crippen LogP) is 4.43. The molecule has 1 aliphatic rings. The summed E-state index contributed by atoms with van der Waals surface area (Å²) < 4.78 is 71.6. The summed E-state index contributed by atoms with van der Waals surface area (Å²) in [6.45, 7) is 3.27. The fourth-order valence-corrected chi connectivity index (χ4v) is 4.99. The van der Waals surface area contributed by atoms with Gasteiger partial charge < -0.3 is 19.5 Å². The van der Waals surface area contributed by atoms with E-state index in [1.54, 1.807) is 24.3 Å². The first-order valence-electron chi connectivity index (χ1n) is 11.2. The molecule has 11 heteroatoms. The molecule has 4 rings (SSSR count). The van der Waals surface area contributed by atoms with Crippen LogP contribution >= 0.6 is 0 Å². The second-order valence-electron chi connectivity index (χ2n) is 7.76. The molecule has 1 saturated heterocycles. The lowest BCUT2D eigenvalue weighted by Crippen LogP contribution is -2.40. The molecule has 8 nitrogen and oxygen atoms in total. The largest absolute Gasteiger partial charge is 0.494 e. The van der Waals surface area contributed by atoms with Gasteiger partial charge in [0.25, 0.3) is 5.91 Å². The van der Waals surface area contributed by atoms with Gasteiger partial charge in [-0.1, -0.05) is 0 Å². The van der Waals surface area contributed by atoms with E-state index in [4.69, 9.17) is 14.2 Å². The van der Waals surface area contributed by atoms with E-state index in [9.17, 15) is 22.0 Å². The second kappa shape index (κ2) is 11.0. The third-order valence-corrected chi connectivity index (χ3v) is 7.24. The molecule has 0 saturated carbocycles. The number of nitrogens with zero attached hydrogens (tertiary/aromatic N) is 1. The first-order valence-corrected chi connectivity index (χ1v) is 12.6. The quantitative estimate of drug-likeness (QED) is 0.474. The van der Waals surface area contributed by atoms with Crippen molar-refractivity contribution in [1.82, 2.24) is 4.31 Å². The molecule has 36 heavy (non-hydrogen) atoms. The SMILES string of the molecule is CCOc1ccc(Oc2ccc(S(=O)(=O)N3CCOCC3)cc2NC(=O)c2ccc(F)cc2F)cc1. The number of nitrogens with one attached hydrogen (secondary N) is 1. The highest BCUT2D eigenvalue weighted by atomic mass is 32.2. The van der Waals surface area contributed by atoms with Crippen molar-refractivity contribution in [3.63, 3.8) is 0 Å². The fourth-order valence-electron chi connectivity index (χ4n) is 3.55. The van der Waals surface area contributed by atoms with Crippen LogP contribution in [0.15, 0.2) is 65.6 Å². The zero-order valence-electron chi connectivity index (χ0n) is 19.4. The Labute approximate surface area is 207 Å². The molecule has 1 aliphatic heterocycles. The zero-order valence-corrected chi connectivity index (χ0v) is 20.2. The molecular formula is C25H24F2N2O6S. The van der Waals surface area contributed by atoms with Crippen LogP contribution in [0.2, 0.25) is 0 Å². The van der Waals surface area contributed by atoms with Gasteiger partial charge in [-0.3, -0.25) is 4.79 Å².